The minimum Gasteiger partial charge on any atom is -0.511 e. The fraction of sp³-hybridized carbons (Fsp3) is 0.385. The molecule has 0 saturated heterocycles. The standard InChI is InChI=1S/C26H26FN3O6S2/c1-37(33,34)13-15-4-9-19-20(10-15)38(35,36)29-25(28-19)22-24(31)21-16-5-6-17(11-16)23(21)30(26(22)32)12-14-2-7-18(27)8-3-14/h2-4,7-10,16-17,21,23,31H,5-6,11-13H2,1H3,(H,28,29)/t16-,17+,21?,23?/m1/s1. The summed E-state index contributed by atoms with van der Waals surface area (Å²) in [6.07, 6.45) is 3.77. The summed E-state index contributed by atoms with van der Waals surface area (Å²) in [5.41, 5.74) is 0.967. The van der Waals surface area contributed by atoms with Gasteiger partial charge in [-0.25, -0.2) is 12.8 Å². The zero-order chi connectivity index (χ0) is 27.0. The summed E-state index contributed by atoms with van der Waals surface area (Å²) in [6.45, 7) is 0.186. The van der Waals surface area contributed by atoms with Crippen molar-refractivity contribution >= 4 is 37.3 Å². The number of nitrogens with one attached hydrogen (secondary N) is 1. The molecule has 1 amide bonds. The molecule has 2 fully saturated rings. The minimum atomic E-state index is -4.31. The average Bonchev–Trinajstić information content (AvgIpc) is 3.45. The Bertz CT molecular complexity index is 1630. The Morgan fingerprint density at radius 3 is 2.50 bits per heavy atom. The van der Waals surface area contributed by atoms with Gasteiger partial charge in [-0.2, -0.15) is 8.42 Å². The number of aliphatic hydroxyl groups is 1. The van der Waals surface area contributed by atoms with E-state index in [1.54, 1.807) is 17.0 Å². The molecule has 9 nitrogen and oxygen atoms in total. The molecule has 200 valence electrons. The molecular weight excluding hydrogens is 533 g/mol. The maximum Gasteiger partial charge on any atom is 0.286 e. The molecule has 2 N–H and O–H groups in total. The number of rotatable bonds is 5. The molecule has 2 unspecified atom stereocenters. The summed E-state index contributed by atoms with van der Waals surface area (Å²) in [7, 11) is -7.70. The normalized spacial score (nSPS) is 27.6. The number of aliphatic hydroxyl groups excluding tert-OH is 1. The van der Waals surface area contributed by atoms with Gasteiger partial charge in [0.2, 0.25) is 0 Å². The van der Waals surface area contributed by atoms with Gasteiger partial charge in [0.15, 0.2) is 15.7 Å². The Morgan fingerprint density at radius 2 is 1.79 bits per heavy atom. The number of fused-ring (bicyclic) bond motifs is 6. The molecule has 0 radical (unpaired) electrons. The first-order valence-electron chi connectivity index (χ1n) is 12.3. The molecule has 2 heterocycles. The summed E-state index contributed by atoms with van der Waals surface area (Å²) in [6, 6.07) is 9.81. The van der Waals surface area contributed by atoms with E-state index in [0.29, 0.717) is 5.56 Å². The monoisotopic (exact) mass is 559 g/mol. The second-order valence-electron chi connectivity index (χ2n) is 10.6. The summed E-state index contributed by atoms with van der Waals surface area (Å²) in [5.74, 6) is -1.64. The number of amides is 1. The summed E-state index contributed by atoms with van der Waals surface area (Å²) >= 11 is 0. The minimum absolute atomic E-state index is 0.139. The lowest BCUT2D eigenvalue weighted by Crippen LogP contribution is -2.53. The topological polar surface area (TPSA) is 133 Å². The van der Waals surface area contributed by atoms with Crippen molar-refractivity contribution in [2.75, 3.05) is 11.6 Å². The molecule has 38 heavy (non-hydrogen) atoms. The van der Waals surface area contributed by atoms with Gasteiger partial charge < -0.3 is 15.3 Å². The van der Waals surface area contributed by atoms with Gasteiger partial charge in [0.25, 0.3) is 15.9 Å². The van der Waals surface area contributed by atoms with Crippen LogP contribution in [0.15, 0.2) is 63.1 Å². The zero-order valence-corrected chi connectivity index (χ0v) is 22.1. The molecule has 0 aromatic heterocycles. The van der Waals surface area contributed by atoms with Crippen LogP contribution in [0.25, 0.3) is 0 Å². The van der Waals surface area contributed by atoms with Crippen LogP contribution in [0.1, 0.15) is 30.4 Å². The number of hydrogen-bond donors (Lipinski definition) is 2. The second-order valence-corrected chi connectivity index (χ2v) is 14.3. The van der Waals surface area contributed by atoms with E-state index in [4.69, 9.17) is 0 Å². The molecule has 4 atom stereocenters. The van der Waals surface area contributed by atoms with Crippen molar-refractivity contribution < 1.29 is 31.1 Å². The first-order chi connectivity index (χ1) is 17.9. The van der Waals surface area contributed by atoms with Crippen LogP contribution in [0.3, 0.4) is 0 Å². The molecule has 4 aliphatic rings. The molecule has 0 spiro atoms. The van der Waals surface area contributed by atoms with Crippen molar-refractivity contribution in [2.24, 2.45) is 22.2 Å². The van der Waals surface area contributed by atoms with Crippen LogP contribution in [0, 0.1) is 23.6 Å². The number of anilines is 1. The average molecular weight is 560 g/mol. The largest absolute Gasteiger partial charge is 0.511 e. The molecule has 2 bridgehead atoms. The number of carbonyl (C=O) groups excluding carboxylic acids is 1. The highest BCUT2D eigenvalue weighted by molar-refractivity contribution is 7.90. The Balaban J connectivity index is 1.41. The number of sulfone groups is 1. The van der Waals surface area contributed by atoms with Crippen LogP contribution in [-0.4, -0.2) is 50.9 Å². The Kier molecular flexibility index (Phi) is 5.69. The van der Waals surface area contributed by atoms with Crippen molar-refractivity contribution in [1.82, 2.24) is 4.90 Å². The number of halogens is 1. The molecule has 2 aliphatic carbocycles. The van der Waals surface area contributed by atoms with Crippen LogP contribution in [0.5, 0.6) is 0 Å². The van der Waals surface area contributed by atoms with E-state index in [9.17, 15) is 31.1 Å². The molecule has 2 saturated carbocycles. The fourth-order valence-electron chi connectivity index (χ4n) is 6.54. The predicted octanol–water partition coefficient (Wildman–Crippen LogP) is 3.15. The fourth-order valence-corrected chi connectivity index (χ4v) is 8.50. The van der Waals surface area contributed by atoms with Gasteiger partial charge in [0.05, 0.1) is 11.4 Å². The smallest absolute Gasteiger partial charge is 0.286 e. The van der Waals surface area contributed by atoms with Gasteiger partial charge in [-0.15, -0.1) is 4.40 Å². The number of carbonyl (C=O) groups is 1. The number of benzene rings is 2. The van der Waals surface area contributed by atoms with Crippen LogP contribution >= 0.6 is 0 Å². The van der Waals surface area contributed by atoms with Crippen molar-refractivity contribution in [3.8, 4) is 0 Å². The Morgan fingerprint density at radius 1 is 1.11 bits per heavy atom. The van der Waals surface area contributed by atoms with Crippen molar-refractivity contribution in [3.05, 3.63) is 70.7 Å². The van der Waals surface area contributed by atoms with E-state index >= 15 is 0 Å². The SMILES string of the molecule is CS(=O)(=O)Cc1ccc2c(c1)S(=O)(=O)N=C(C1=C(O)C3C([C@H]4CC[C@@H]3C4)N(Cc3ccc(F)cc3)C1=O)N2. The van der Waals surface area contributed by atoms with E-state index in [2.05, 4.69) is 9.71 Å². The van der Waals surface area contributed by atoms with E-state index in [0.717, 1.165) is 31.1 Å². The summed E-state index contributed by atoms with van der Waals surface area (Å²) in [4.78, 5) is 15.4. The summed E-state index contributed by atoms with van der Waals surface area (Å²) in [5, 5.41) is 14.3. The van der Waals surface area contributed by atoms with Gasteiger partial charge in [0, 0.05) is 24.8 Å². The molecule has 6 rings (SSSR count). The number of hydrogen-bond acceptors (Lipinski definition) is 7. The second kappa shape index (κ2) is 8.63. The van der Waals surface area contributed by atoms with Gasteiger partial charge in [0.1, 0.15) is 22.0 Å². The Hall–Kier alpha value is -3.25. The van der Waals surface area contributed by atoms with E-state index in [1.807, 2.05) is 0 Å². The molecule has 12 heteroatoms. The number of nitrogens with zero attached hydrogens (tertiary/aromatic N) is 2. The van der Waals surface area contributed by atoms with E-state index in [1.165, 1.54) is 30.3 Å². The quantitative estimate of drug-likeness (QED) is 0.575. The van der Waals surface area contributed by atoms with Gasteiger partial charge in [-0.1, -0.05) is 18.2 Å². The van der Waals surface area contributed by atoms with Crippen LogP contribution < -0.4 is 5.32 Å². The van der Waals surface area contributed by atoms with Crippen molar-refractivity contribution in [3.63, 3.8) is 0 Å². The first kappa shape index (κ1) is 25.1. The highest BCUT2D eigenvalue weighted by Gasteiger charge is 2.57. The molecule has 2 aromatic carbocycles. The maximum atomic E-state index is 13.9. The van der Waals surface area contributed by atoms with Crippen LogP contribution in [0.2, 0.25) is 0 Å². The lowest BCUT2D eigenvalue weighted by Gasteiger charge is -2.44. The third-order valence-electron chi connectivity index (χ3n) is 8.00. The molecular formula is C26H26FN3O6S2. The van der Waals surface area contributed by atoms with Crippen molar-refractivity contribution in [2.45, 2.75) is 42.5 Å². The van der Waals surface area contributed by atoms with Gasteiger partial charge in [-0.05, 0) is 66.5 Å². The summed E-state index contributed by atoms with van der Waals surface area (Å²) < 4.78 is 67.1. The van der Waals surface area contributed by atoms with Crippen LogP contribution in [0.4, 0.5) is 10.1 Å². The maximum absolute atomic E-state index is 13.9. The Labute approximate surface area is 220 Å². The van der Waals surface area contributed by atoms with E-state index < -0.39 is 25.8 Å². The van der Waals surface area contributed by atoms with Crippen LogP contribution in [-0.2, 0) is 37.0 Å². The van der Waals surface area contributed by atoms with Gasteiger partial charge >= 0.3 is 0 Å². The highest BCUT2D eigenvalue weighted by atomic mass is 32.2. The molecule has 2 aromatic rings. The number of amidine groups is 1. The lowest BCUT2D eigenvalue weighted by atomic mass is 9.77. The lowest BCUT2D eigenvalue weighted by molar-refractivity contribution is -0.134. The molecule has 2 aliphatic heterocycles. The van der Waals surface area contributed by atoms with E-state index in [-0.39, 0.29) is 69.7 Å². The first-order valence-corrected chi connectivity index (χ1v) is 15.8. The van der Waals surface area contributed by atoms with Crippen molar-refractivity contribution in [1.29, 1.82) is 0 Å². The third-order valence-corrected chi connectivity index (χ3v) is 10.2. The zero-order valence-electron chi connectivity index (χ0n) is 20.5. The number of sulfonamides is 1. The highest BCUT2D eigenvalue weighted by Crippen LogP contribution is 2.55. The van der Waals surface area contributed by atoms with Gasteiger partial charge in [-0.3, -0.25) is 4.79 Å². The third kappa shape index (κ3) is 4.19. The predicted molar refractivity (Wildman–Crippen MR) is 138 cm³/mol.